The van der Waals surface area contributed by atoms with Crippen molar-refractivity contribution in [1.29, 1.82) is 0 Å². The number of carbonyl (C=O) groups excluding carboxylic acids is 2. The summed E-state index contributed by atoms with van der Waals surface area (Å²) in [6.45, 7) is -1.24. The molecule has 236 valence electrons. The Hall–Kier alpha value is -4.17. The van der Waals surface area contributed by atoms with E-state index >= 15 is 0 Å². The Labute approximate surface area is 249 Å². The molecule has 0 spiro atoms. The second-order valence-corrected chi connectivity index (χ2v) is 10.2. The number of carbonyl (C=O) groups is 2. The quantitative estimate of drug-likeness (QED) is 0.253. The lowest BCUT2D eigenvalue weighted by Crippen LogP contribution is -2.51. The van der Waals surface area contributed by atoms with Gasteiger partial charge in [0.15, 0.2) is 6.61 Å². The summed E-state index contributed by atoms with van der Waals surface area (Å²) in [6.07, 6.45) is -3.35. The van der Waals surface area contributed by atoms with Crippen LogP contribution in [0.15, 0.2) is 60.9 Å². The Balaban J connectivity index is 1.32. The van der Waals surface area contributed by atoms with Gasteiger partial charge in [-0.25, -0.2) is 18.0 Å². The van der Waals surface area contributed by atoms with Gasteiger partial charge in [0.05, 0.1) is 30.8 Å². The first kappa shape index (κ1) is 32.7. The normalized spacial score (nSPS) is 16.9. The molecule has 1 aromatic heterocycles. The first-order valence-corrected chi connectivity index (χ1v) is 13.7. The lowest BCUT2D eigenvalue weighted by Gasteiger charge is -2.30. The molecule has 3 N–H and O–H groups in total. The maximum Gasteiger partial charge on any atom is 0.422 e. The summed E-state index contributed by atoms with van der Waals surface area (Å²) >= 11 is 0. The third kappa shape index (κ3) is 9.95. The Bertz CT molecular complexity index is 1350. The third-order valence-corrected chi connectivity index (χ3v) is 6.96. The highest BCUT2D eigenvalue weighted by Crippen LogP contribution is 2.30. The lowest BCUT2D eigenvalue weighted by atomic mass is 9.88. The third-order valence-electron chi connectivity index (χ3n) is 6.96. The van der Waals surface area contributed by atoms with Crippen LogP contribution in [0.1, 0.15) is 35.4 Å². The molecule has 1 fully saturated rings. The molecule has 2 amide bonds. The molecule has 2 aromatic carbocycles. The van der Waals surface area contributed by atoms with Gasteiger partial charge in [0.25, 0.3) is 0 Å². The average molecular weight is 625 g/mol. The second-order valence-electron chi connectivity index (χ2n) is 10.2. The number of benzene rings is 2. The zero-order valence-electron chi connectivity index (χ0n) is 23.3. The Morgan fingerprint density at radius 2 is 1.64 bits per heavy atom. The van der Waals surface area contributed by atoms with Crippen molar-refractivity contribution >= 4 is 17.7 Å². The van der Waals surface area contributed by atoms with E-state index in [1.807, 2.05) is 0 Å². The molecule has 1 aliphatic heterocycles. The number of alkyl carbamates (subject to hydrolysis) is 1. The zero-order chi connectivity index (χ0) is 31.7. The molecule has 2 heterocycles. The zero-order valence-corrected chi connectivity index (χ0v) is 23.3. The van der Waals surface area contributed by atoms with Crippen molar-refractivity contribution in [3.8, 4) is 0 Å². The highest BCUT2D eigenvalue weighted by atomic mass is 19.4. The topological polar surface area (TPSA) is 102 Å². The number of nitrogens with zero attached hydrogens (tertiary/aromatic N) is 1. The van der Waals surface area contributed by atoms with Gasteiger partial charge >= 0.3 is 12.3 Å². The molecule has 2 unspecified atom stereocenters. The lowest BCUT2D eigenvalue weighted by molar-refractivity contribution is -0.160. The SMILES string of the molecule is O=C(CC(c1ccc(F)cc1)c1ccc(F)cc1)Nc1cncc(F)c1CCC1CNC(CNC(=O)OCC(F)(F)F)CO1. The van der Waals surface area contributed by atoms with Gasteiger partial charge < -0.3 is 25.4 Å². The van der Waals surface area contributed by atoms with E-state index in [4.69, 9.17) is 4.74 Å². The highest BCUT2D eigenvalue weighted by molar-refractivity contribution is 5.92. The summed E-state index contributed by atoms with van der Waals surface area (Å²) in [7, 11) is 0. The molecule has 44 heavy (non-hydrogen) atoms. The van der Waals surface area contributed by atoms with Crippen molar-refractivity contribution < 1.29 is 45.4 Å². The molecule has 1 saturated heterocycles. The Kier molecular flexibility index (Phi) is 11.2. The molecule has 0 bridgehead atoms. The fourth-order valence-electron chi connectivity index (χ4n) is 4.72. The summed E-state index contributed by atoms with van der Waals surface area (Å²) in [5.74, 6) is -2.51. The number of nitrogens with one attached hydrogen (secondary N) is 3. The molecule has 14 heteroatoms. The molecule has 0 saturated carbocycles. The van der Waals surface area contributed by atoms with E-state index in [-0.39, 0.29) is 49.4 Å². The van der Waals surface area contributed by atoms with E-state index in [0.717, 1.165) is 6.20 Å². The summed E-state index contributed by atoms with van der Waals surface area (Å²) in [5, 5.41) is 8.07. The van der Waals surface area contributed by atoms with E-state index in [9.17, 15) is 35.9 Å². The van der Waals surface area contributed by atoms with Gasteiger partial charge in [0.1, 0.15) is 17.5 Å². The van der Waals surface area contributed by atoms with Crippen LogP contribution < -0.4 is 16.0 Å². The molecule has 0 radical (unpaired) electrons. The summed E-state index contributed by atoms with van der Waals surface area (Å²) in [5.41, 5.74) is 1.67. The van der Waals surface area contributed by atoms with Crippen LogP contribution in [0.2, 0.25) is 0 Å². The largest absolute Gasteiger partial charge is 0.440 e. The Morgan fingerprint density at radius 1 is 1.00 bits per heavy atom. The van der Waals surface area contributed by atoms with Crippen LogP contribution in [0.25, 0.3) is 0 Å². The molecule has 8 nitrogen and oxygen atoms in total. The van der Waals surface area contributed by atoms with Crippen molar-refractivity contribution in [1.82, 2.24) is 15.6 Å². The van der Waals surface area contributed by atoms with Crippen LogP contribution in [-0.4, -0.2) is 61.6 Å². The molecule has 3 aromatic rings. The van der Waals surface area contributed by atoms with Crippen LogP contribution in [-0.2, 0) is 20.7 Å². The fraction of sp³-hybridized carbons (Fsp3) is 0.367. The molecular formula is C30H30F6N4O4. The number of pyridine rings is 1. The first-order chi connectivity index (χ1) is 21.0. The standard InChI is InChI=1S/C30H30F6N4O4/c31-20-5-1-18(2-6-20)25(19-3-7-21(32)8-4-19)11-28(41)40-27-15-37-14-26(33)24(27)10-9-23-13-38-22(16-43-23)12-39-29(42)44-17-30(34,35)36/h1-8,14-15,22-23,25,38H,9-13,16-17H2,(H,39,42)(H,40,41). The van der Waals surface area contributed by atoms with Gasteiger partial charge in [-0.05, 0) is 48.2 Å². The van der Waals surface area contributed by atoms with E-state index in [1.54, 1.807) is 24.3 Å². The van der Waals surface area contributed by atoms with E-state index < -0.39 is 48.2 Å². The van der Waals surface area contributed by atoms with Crippen molar-refractivity contribution in [3.05, 3.63) is 95.1 Å². The minimum Gasteiger partial charge on any atom is -0.440 e. The van der Waals surface area contributed by atoms with Crippen LogP contribution in [0.5, 0.6) is 0 Å². The van der Waals surface area contributed by atoms with E-state index in [0.29, 0.717) is 24.1 Å². The van der Waals surface area contributed by atoms with E-state index in [2.05, 4.69) is 25.7 Å². The monoisotopic (exact) mass is 624 g/mol. The highest BCUT2D eigenvalue weighted by Gasteiger charge is 2.30. The number of hydrogen-bond donors (Lipinski definition) is 3. The van der Waals surface area contributed by atoms with Gasteiger partial charge in [-0.15, -0.1) is 0 Å². The van der Waals surface area contributed by atoms with Crippen molar-refractivity contribution in [2.24, 2.45) is 0 Å². The van der Waals surface area contributed by atoms with Crippen molar-refractivity contribution in [2.45, 2.75) is 43.5 Å². The van der Waals surface area contributed by atoms with Crippen LogP contribution in [0.4, 0.5) is 36.8 Å². The summed E-state index contributed by atoms with van der Waals surface area (Å²) in [6, 6.07) is 10.9. The number of amides is 2. The molecule has 0 aliphatic carbocycles. The summed E-state index contributed by atoms with van der Waals surface area (Å²) < 4.78 is 88.3. The molecule has 2 atom stereocenters. The molecular weight excluding hydrogens is 594 g/mol. The number of ether oxygens (including phenoxy) is 2. The minimum atomic E-state index is -4.62. The van der Waals surface area contributed by atoms with Gasteiger partial charge in [-0.1, -0.05) is 24.3 Å². The molecule has 1 aliphatic rings. The van der Waals surface area contributed by atoms with Gasteiger partial charge in [0, 0.05) is 37.0 Å². The van der Waals surface area contributed by atoms with Gasteiger partial charge in [0.2, 0.25) is 5.91 Å². The Morgan fingerprint density at radius 3 is 2.20 bits per heavy atom. The number of alkyl halides is 3. The predicted octanol–water partition coefficient (Wildman–Crippen LogP) is 5.24. The average Bonchev–Trinajstić information content (AvgIpc) is 2.99. The number of rotatable bonds is 11. The fourth-order valence-corrected chi connectivity index (χ4v) is 4.72. The number of aromatic nitrogens is 1. The van der Waals surface area contributed by atoms with Crippen molar-refractivity contribution in [3.63, 3.8) is 0 Å². The molecule has 4 rings (SSSR count). The number of halogens is 6. The first-order valence-electron chi connectivity index (χ1n) is 13.7. The number of anilines is 1. The minimum absolute atomic E-state index is 0.0184. The van der Waals surface area contributed by atoms with E-state index in [1.165, 1.54) is 30.5 Å². The predicted molar refractivity (Wildman–Crippen MR) is 147 cm³/mol. The van der Waals surface area contributed by atoms with Gasteiger partial charge in [-0.2, -0.15) is 13.2 Å². The maximum atomic E-state index is 14.8. The van der Waals surface area contributed by atoms with Crippen LogP contribution in [0, 0.1) is 17.5 Å². The summed E-state index contributed by atoms with van der Waals surface area (Å²) in [4.78, 5) is 28.4. The van der Waals surface area contributed by atoms with Crippen LogP contribution in [0.3, 0.4) is 0 Å². The number of hydrogen-bond acceptors (Lipinski definition) is 6. The van der Waals surface area contributed by atoms with Crippen LogP contribution >= 0.6 is 0 Å². The van der Waals surface area contributed by atoms with Gasteiger partial charge in [-0.3, -0.25) is 9.78 Å². The maximum absolute atomic E-state index is 14.8. The smallest absolute Gasteiger partial charge is 0.422 e. The number of morpholine rings is 1. The second kappa shape index (κ2) is 15.0. The van der Waals surface area contributed by atoms with Crippen molar-refractivity contribution in [2.75, 3.05) is 31.6 Å².